The van der Waals surface area contributed by atoms with Crippen molar-refractivity contribution >= 4 is 5.82 Å². The van der Waals surface area contributed by atoms with Gasteiger partial charge in [-0.2, -0.15) is 0 Å². The first-order chi connectivity index (χ1) is 10.1. The minimum Gasteiger partial charge on any atom is -0.494 e. The molecule has 4 nitrogen and oxygen atoms in total. The van der Waals surface area contributed by atoms with Crippen molar-refractivity contribution in [3.63, 3.8) is 0 Å². The average Bonchev–Trinajstić information content (AvgIpc) is 2.76. The van der Waals surface area contributed by atoms with Gasteiger partial charge in [0.2, 0.25) is 0 Å². The third-order valence-electron chi connectivity index (χ3n) is 3.37. The number of imidazole rings is 1. The summed E-state index contributed by atoms with van der Waals surface area (Å²) in [6, 6.07) is 7.96. The summed E-state index contributed by atoms with van der Waals surface area (Å²) in [4.78, 5) is 4.74. The first-order valence-corrected chi connectivity index (χ1v) is 7.64. The van der Waals surface area contributed by atoms with Gasteiger partial charge in [0, 0.05) is 18.5 Å². The monoisotopic (exact) mass is 287 g/mol. The molecule has 2 rings (SSSR count). The predicted molar refractivity (Wildman–Crippen MR) is 87.5 cm³/mol. The van der Waals surface area contributed by atoms with Crippen LogP contribution >= 0.6 is 0 Å². The molecule has 1 aromatic heterocycles. The van der Waals surface area contributed by atoms with Crippen molar-refractivity contribution < 1.29 is 4.74 Å². The molecular formula is C17H25N3O. The largest absolute Gasteiger partial charge is 0.494 e. The smallest absolute Gasteiger partial charge is 0.131 e. The van der Waals surface area contributed by atoms with Gasteiger partial charge in [-0.25, -0.2) is 4.98 Å². The molecule has 2 aromatic rings. The maximum Gasteiger partial charge on any atom is 0.131 e. The molecule has 0 saturated carbocycles. The Hall–Kier alpha value is -1.97. The number of aromatic nitrogens is 2. The Bertz CT molecular complexity index is 602. The van der Waals surface area contributed by atoms with Crippen LogP contribution in [0.4, 0.5) is 5.82 Å². The van der Waals surface area contributed by atoms with Crippen LogP contribution in [0.2, 0.25) is 0 Å². The molecule has 0 amide bonds. The van der Waals surface area contributed by atoms with Gasteiger partial charge in [0.15, 0.2) is 0 Å². The van der Waals surface area contributed by atoms with Crippen LogP contribution in [0.1, 0.15) is 33.5 Å². The average molecular weight is 287 g/mol. The van der Waals surface area contributed by atoms with Crippen LogP contribution < -0.4 is 10.5 Å². The van der Waals surface area contributed by atoms with E-state index >= 15 is 0 Å². The zero-order chi connectivity index (χ0) is 15.4. The van der Waals surface area contributed by atoms with Gasteiger partial charge in [-0.05, 0) is 25.0 Å². The summed E-state index contributed by atoms with van der Waals surface area (Å²) in [7, 11) is 0. The molecule has 4 heteroatoms. The fourth-order valence-corrected chi connectivity index (χ4v) is 2.46. The van der Waals surface area contributed by atoms with Gasteiger partial charge in [0.1, 0.15) is 23.1 Å². The van der Waals surface area contributed by atoms with Crippen molar-refractivity contribution in [1.29, 1.82) is 0 Å². The highest BCUT2D eigenvalue weighted by molar-refractivity contribution is 5.72. The maximum atomic E-state index is 6.34. The second-order valence-electron chi connectivity index (χ2n) is 5.58. The highest BCUT2D eigenvalue weighted by Crippen LogP contribution is 2.29. The van der Waals surface area contributed by atoms with Crippen LogP contribution in [0.25, 0.3) is 11.3 Å². The van der Waals surface area contributed by atoms with E-state index in [0.29, 0.717) is 12.5 Å². The molecule has 0 aliphatic heterocycles. The molecule has 21 heavy (non-hydrogen) atoms. The number of ether oxygens (including phenoxy) is 1. The van der Waals surface area contributed by atoms with Gasteiger partial charge in [0.05, 0.1) is 6.61 Å². The van der Waals surface area contributed by atoms with Crippen LogP contribution in [0.15, 0.2) is 24.3 Å². The van der Waals surface area contributed by atoms with Gasteiger partial charge in [-0.15, -0.1) is 0 Å². The first-order valence-electron chi connectivity index (χ1n) is 7.64. The first kappa shape index (κ1) is 15.4. The fraction of sp³-hybridized carbons (Fsp3) is 0.471. The van der Waals surface area contributed by atoms with E-state index in [0.717, 1.165) is 41.6 Å². The number of anilines is 1. The molecule has 1 aromatic carbocycles. The summed E-state index contributed by atoms with van der Waals surface area (Å²) in [5.74, 6) is 3.17. The Morgan fingerprint density at radius 3 is 2.67 bits per heavy atom. The zero-order valence-corrected chi connectivity index (χ0v) is 13.4. The molecule has 0 fully saturated rings. The molecule has 114 valence electrons. The topological polar surface area (TPSA) is 53.1 Å². The summed E-state index contributed by atoms with van der Waals surface area (Å²) in [6.45, 7) is 10.0. The molecule has 0 radical (unpaired) electrons. The minimum atomic E-state index is 0.536. The summed E-state index contributed by atoms with van der Waals surface area (Å²) in [6.07, 6.45) is 0.877. The fourth-order valence-electron chi connectivity index (χ4n) is 2.46. The molecule has 0 atom stereocenters. The quantitative estimate of drug-likeness (QED) is 0.880. The second-order valence-corrected chi connectivity index (χ2v) is 5.58. The number of benzene rings is 1. The van der Waals surface area contributed by atoms with Crippen molar-refractivity contribution in [1.82, 2.24) is 9.55 Å². The van der Waals surface area contributed by atoms with Gasteiger partial charge >= 0.3 is 0 Å². The lowest BCUT2D eigenvalue weighted by molar-refractivity contribution is 0.340. The Balaban J connectivity index is 2.44. The van der Waals surface area contributed by atoms with E-state index in [9.17, 15) is 0 Å². The molecule has 0 bridgehead atoms. The lowest BCUT2D eigenvalue weighted by Crippen LogP contribution is -2.10. The van der Waals surface area contributed by atoms with Crippen LogP contribution in [0.3, 0.4) is 0 Å². The molecular weight excluding hydrogens is 262 g/mol. The van der Waals surface area contributed by atoms with Crippen molar-refractivity contribution in [2.24, 2.45) is 5.92 Å². The summed E-state index contributed by atoms with van der Waals surface area (Å²) in [5, 5.41) is 0. The zero-order valence-electron chi connectivity index (χ0n) is 13.4. The number of aryl methyl sites for hydroxylation is 1. The van der Waals surface area contributed by atoms with Gasteiger partial charge < -0.3 is 15.0 Å². The van der Waals surface area contributed by atoms with E-state index in [1.54, 1.807) is 0 Å². The van der Waals surface area contributed by atoms with E-state index in [-0.39, 0.29) is 0 Å². The van der Waals surface area contributed by atoms with Gasteiger partial charge in [-0.1, -0.05) is 32.9 Å². The van der Waals surface area contributed by atoms with Crippen LogP contribution in [-0.4, -0.2) is 16.2 Å². The summed E-state index contributed by atoms with van der Waals surface area (Å²) < 4.78 is 7.69. The van der Waals surface area contributed by atoms with Crippen molar-refractivity contribution in [3.05, 3.63) is 30.1 Å². The summed E-state index contributed by atoms with van der Waals surface area (Å²) >= 11 is 0. The lowest BCUT2D eigenvalue weighted by atomic mass is 10.1. The predicted octanol–water partition coefficient (Wildman–Crippen LogP) is 3.75. The van der Waals surface area contributed by atoms with E-state index in [4.69, 9.17) is 15.5 Å². The molecule has 0 aliphatic carbocycles. The Kier molecular flexibility index (Phi) is 4.89. The van der Waals surface area contributed by atoms with Crippen molar-refractivity contribution in [2.75, 3.05) is 12.3 Å². The summed E-state index contributed by atoms with van der Waals surface area (Å²) in [5.41, 5.74) is 8.21. The van der Waals surface area contributed by atoms with Gasteiger partial charge in [0.25, 0.3) is 0 Å². The Labute approximate surface area is 127 Å². The van der Waals surface area contributed by atoms with Crippen LogP contribution in [0.5, 0.6) is 5.75 Å². The number of nitrogen functional groups attached to an aromatic ring is 1. The third kappa shape index (κ3) is 3.38. The maximum absolute atomic E-state index is 6.34. The molecule has 0 unspecified atom stereocenters. The highest BCUT2D eigenvalue weighted by atomic mass is 16.5. The normalized spacial score (nSPS) is 11.1. The second kappa shape index (κ2) is 6.66. The Morgan fingerprint density at radius 2 is 2.05 bits per heavy atom. The number of rotatable bonds is 6. The van der Waals surface area contributed by atoms with E-state index < -0.39 is 0 Å². The van der Waals surface area contributed by atoms with Crippen LogP contribution in [-0.2, 0) is 13.0 Å². The van der Waals surface area contributed by atoms with E-state index in [2.05, 4.69) is 25.3 Å². The lowest BCUT2D eigenvalue weighted by Gasteiger charge is -2.11. The molecule has 0 saturated heterocycles. The molecule has 2 N–H and O–H groups in total. The van der Waals surface area contributed by atoms with Crippen molar-refractivity contribution in [2.45, 2.75) is 40.7 Å². The molecule has 1 heterocycles. The van der Waals surface area contributed by atoms with Gasteiger partial charge in [-0.3, -0.25) is 0 Å². The van der Waals surface area contributed by atoms with Crippen LogP contribution in [0, 0.1) is 5.92 Å². The number of nitrogens with zero attached hydrogens (tertiary/aromatic N) is 2. The number of hydrogen-bond acceptors (Lipinski definition) is 3. The Morgan fingerprint density at radius 1 is 1.29 bits per heavy atom. The number of hydrogen-bond donors (Lipinski definition) is 1. The van der Waals surface area contributed by atoms with Crippen molar-refractivity contribution in [3.8, 4) is 17.0 Å². The number of nitrogens with two attached hydrogens (primary N) is 1. The van der Waals surface area contributed by atoms with E-state index in [1.165, 1.54) is 0 Å². The SMILES string of the molecule is CCOc1cccc(-c2nc(CC)n(CC(C)C)c2N)c1. The minimum absolute atomic E-state index is 0.536. The molecule has 0 spiro atoms. The molecule has 0 aliphatic rings. The standard InChI is InChI=1S/C17H25N3O/c1-5-15-19-16(17(18)20(15)11-12(3)4)13-8-7-9-14(10-13)21-6-2/h7-10,12H,5-6,11,18H2,1-4H3. The highest BCUT2D eigenvalue weighted by Gasteiger charge is 2.16. The van der Waals surface area contributed by atoms with E-state index in [1.807, 2.05) is 31.2 Å². The third-order valence-corrected chi connectivity index (χ3v) is 3.37.